The zero-order chi connectivity index (χ0) is 20.1. The van der Waals surface area contributed by atoms with E-state index in [1.54, 1.807) is 18.2 Å². The van der Waals surface area contributed by atoms with Crippen LogP contribution < -0.4 is 0 Å². The van der Waals surface area contributed by atoms with Gasteiger partial charge >= 0.3 is 5.97 Å². The maximum Gasteiger partial charge on any atom is 0.338 e. The van der Waals surface area contributed by atoms with Crippen LogP contribution in [0.5, 0.6) is 0 Å². The molecule has 0 aliphatic carbocycles. The lowest BCUT2D eigenvalue weighted by Crippen LogP contribution is -2.15. The van der Waals surface area contributed by atoms with E-state index < -0.39 is 5.97 Å². The Morgan fingerprint density at radius 3 is 2.29 bits per heavy atom. The molecule has 142 valence electrons. The van der Waals surface area contributed by atoms with Crippen molar-refractivity contribution in [3.63, 3.8) is 0 Å². The summed E-state index contributed by atoms with van der Waals surface area (Å²) >= 11 is 0. The molecule has 4 heteroatoms. The van der Waals surface area contributed by atoms with Crippen molar-refractivity contribution in [3.05, 3.63) is 95.8 Å². The van der Waals surface area contributed by atoms with E-state index in [4.69, 9.17) is 4.74 Å². The highest BCUT2D eigenvalue weighted by atomic mass is 16.5. The number of aromatic nitrogens is 1. The van der Waals surface area contributed by atoms with Crippen LogP contribution in [0.15, 0.2) is 73.3 Å². The standard InChI is InChI=1S/C24H23NO3/c1-4-14-25-17(2)15-22(18(25)3)23(26)16-28-24(27)21-12-10-20(11-13-21)19-8-6-5-7-9-19/h4-13,15H,1,14,16H2,2-3H3. The molecule has 3 rings (SSSR count). The van der Waals surface area contributed by atoms with Gasteiger partial charge in [0, 0.05) is 23.5 Å². The lowest BCUT2D eigenvalue weighted by Gasteiger charge is -2.07. The van der Waals surface area contributed by atoms with Crippen LogP contribution in [-0.4, -0.2) is 22.9 Å². The number of carbonyl (C=O) groups excluding carboxylic acids is 2. The fourth-order valence-electron chi connectivity index (χ4n) is 3.22. The van der Waals surface area contributed by atoms with Crippen LogP contribution in [-0.2, 0) is 11.3 Å². The molecule has 0 unspecified atom stereocenters. The van der Waals surface area contributed by atoms with E-state index in [1.807, 2.05) is 66.9 Å². The largest absolute Gasteiger partial charge is 0.454 e. The van der Waals surface area contributed by atoms with Gasteiger partial charge in [-0.1, -0.05) is 48.5 Å². The second-order valence-corrected chi connectivity index (χ2v) is 6.63. The topological polar surface area (TPSA) is 48.3 Å². The third kappa shape index (κ3) is 4.12. The van der Waals surface area contributed by atoms with Crippen molar-refractivity contribution in [2.75, 3.05) is 6.61 Å². The summed E-state index contributed by atoms with van der Waals surface area (Å²) in [4.78, 5) is 24.8. The van der Waals surface area contributed by atoms with Crippen molar-refractivity contribution >= 4 is 11.8 Å². The molecule has 0 radical (unpaired) electrons. The summed E-state index contributed by atoms with van der Waals surface area (Å²) in [6, 6.07) is 18.9. The second-order valence-electron chi connectivity index (χ2n) is 6.63. The number of ketones is 1. The molecule has 3 aromatic rings. The zero-order valence-electron chi connectivity index (χ0n) is 16.1. The predicted molar refractivity (Wildman–Crippen MR) is 111 cm³/mol. The quantitative estimate of drug-likeness (QED) is 0.333. The fourth-order valence-corrected chi connectivity index (χ4v) is 3.22. The maximum absolute atomic E-state index is 12.5. The summed E-state index contributed by atoms with van der Waals surface area (Å²) in [5, 5.41) is 0. The Labute approximate surface area is 165 Å². The summed E-state index contributed by atoms with van der Waals surface area (Å²) in [6.07, 6.45) is 1.79. The fraction of sp³-hybridized carbons (Fsp3) is 0.167. The van der Waals surface area contributed by atoms with Gasteiger partial charge in [-0.05, 0) is 43.2 Å². The smallest absolute Gasteiger partial charge is 0.338 e. The van der Waals surface area contributed by atoms with Crippen molar-refractivity contribution in [3.8, 4) is 11.1 Å². The Bertz CT molecular complexity index is 998. The van der Waals surface area contributed by atoms with E-state index in [0.717, 1.165) is 22.5 Å². The summed E-state index contributed by atoms with van der Waals surface area (Å²) in [5.41, 5.74) is 4.92. The highest BCUT2D eigenvalue weighted by molar-refractivity contribution is 6.00. The average molecular weight is 373 g/mol. The monoisotopic (exact) mass is 373 g/mol. The number of nitrogens with zero attached hydrogens (tertiary/aromatic N) is 1. The molecule has 2 aromatic carbocycles. The first-order valence-corrected chi connectivity index (χ1v) is 9.14. The van der Waals surface area contributed by atoms with Gasteiger partial charge in [0.25, 0.3) is 0 Å². The molecule has 0 saturated carbocycles. The molecule has 28 heavy (non-hydrogen) atoms. The van der Waals surface area contributed by atoms with Crippen molar-refractivity contribution in [1.82, 2.24) is 4.57 Å². The van der Waals surface area contributed by atoms with Gasteiger partial charge in [-0.25, -0.2) is 4.79 Å². The first-order valence-electron chi connectivity index (χ1n) is 9.14. The average Bonchev–Trinajstić information content (AvgIpc) is 3.01. The van der Waals surface area contributed by atoms with Crippen molar-refractivity contribution < 1.29 is 14.3 Å². The second kappa shape index (κ2) is 8.53. The van der Waals surface area contributed by atoms with E-state index in [1.165, 1.54) is 0 Å². The van der Waals surface area contributed by atoms with E-state index in [9.17, 15) is 9.59 Å². The lowest BCUT2D eigenvalue weighted by molar-refractivity contribution is 0.0474. The molecule has 0 atom stereocenters. The Morgan fingerprint density at radius 2 is 1.64 bits per heavy atom. The lowest BCUT2D eigenvalue weighted by atomic mass is 10.0. The summed E-state index contributed by atoms with van der Waals surface area (Å²) in [5.74, 6) is -0.717. The number of esters is 1. The molecule has 4 nitrogen and oxygen atoms in total. The molecule has 0 fully saturated rings. The number of Topliss-reactive ketones (excluding diaryl/α,β-unsaturated/α-hetero) is 1. The number of hydrogen-bond acceptors (Lipinski definition) is 3. The van der Waals surface area contributed by atoms with Gasteiger partial charge in [0.05, 0.1) is 5.56 Å². The van der Waals surface area contributed by atoms with Crippen LogP contribution >= 0.6 is 0 Å². The van der Waals surface area contributed by atoms with Gasteiger partial charge < -0.3 is 9.30 Å². The number of ether oxygens (including phenoxy) is 1. The molecule has 0 N–H and O–H groups in total. The molecule has 1 aromatic heterocycles. The van der Waals surface area contributed by atoms with Crippen LogP contribution in [0.2, 0.25) is 0 Å². The van der Waals surface area contributed by atoms with Gasteiger partial charge in [0.2, 0.25) is 5.78 Å². The van der Waals surface area contributed by atoms with Gasteiger partial charge in [-0.3, -0.25) is 4.79 Å². The number of aryl methyl sites for hydroxylation is 1. The Hall–Kier alpha value is -3.40. The number of benzene rings is 2. The first-order chi connectivity index (χ1) is 13.5. The number of carbonyl (C=O) groups is 2. The molecule has 0 aliphatic heterocycles. The predicted octanol–water partition coefficient (Wildman–Crippen LogP) is 5.00. The minimum absolute atomic E-state index is 0.210. The Morgan fingerprint density at radius 1 is 1.00 bits per heavy atom. The summed E-state index contributed by atoms with van der Waals surface area (Å²) < 4.78 is 7.24. The van der Waals surface area contributed by atoms with Crippen molar-refractivity contribution in [1.29, 1.82) is 0 Å². The van der Waals surface area contributed by atoms with Gasteiger partial charge in [-0.2, -0.15) is 0 Å². The molecular formula is C24H23NO3. The van der Waals surface area contributed by atoms with Gasteiger partial charge in [0.15, 0.2) is 6.61 Å². The Kier molecular flexibility index (Phi) is 5.90. The van der Waals surface area contributed by atoms with Crippen LogP contribution in [0.3, 0.4) is 0 Å². The van der Waals surface area contributed by atoms with Crippen LogP contribution in [0, 0.1) is 13.8 Å². The van der Waals surface area contributed by atoms with Crippen LogP contribution in [0.1, 0.15) is 32.1 Å². The molecule has 0 saturated heterocycles. The number of rotatable bonds is 7. The molecule has 0 amide bonds. The number of hydrogen-bond donors (Lipinski definition) is 0. The minimum Gasteiger partial charge on any atom is -0.454 e. The molecule has 0 bridgehead atoms. The summed E-state index contributed by atoms with van der Waals surface area (Å²) in [6.45, 7) is 7.91. The Balaban J connectivity index is 1.65. The molecule has 1 heterocycles. The van der Waals surface area contributed by atoms with Crippen molar-refractivity contribution in [2.24, 2.45) is 0 Å². The normalized spacial score (nSPS) is 10.5. The zero-order valence-corrected chi connectivity index (χ0v) is 16.1. The van der Waals surface area contributed by atoms with Crippen LogP contribution in [0.25, 0.3) is 11.1 Å². The minimum atomic E-state index is -0.507. The SMILES string of the molecule is C=CCn1c(C)cc(C(=O)COC(=O)c2ccc(-c3ccccc3)cc2)c1C. The first kappa shape index (κ1) is 19.4. The highest BCUT2D eigenvalue weighted by Crippen LogP contribution is 2.20. The van der Waals surface area contributed by atoms with E-state index >= 15 is 0 Å². The third-order valence-corrected chi connectivity index (χ3v) is 4.75. The molecular weight excluding hydrogens is 350 g/mol. The van der Waals surface area contributed by atoms with E-state index in [0.29, 0.717) is 17.7 Å². The van der Waals surface area contributed by atoms with E-state index in [2.05, 4.69) is 6.58 Å². The van der Waals surface area contributed by atoms with Gasteiger partial charge in [-0.15, -0.1) is 6.58 Å². The highest BCUT2D eigenvalue weighted by Gasteiger charge is 2.17. The third-order valence-electron chi connectivity index (χ3n) is 4.75. The molecule has 0 aliphatic rings. The molecule has 0 spiro atoms. The van der Waals surface area contributed by atoms with Gasteiger partial charge in [0.1, 0.15) is 0 Å². The van der Waals surface area contributed by atoms with E-state index in [-0.39, 0.29) is 12.4 Å². The maximum atomic E-state index is 12.5. The van der Waals surface area contributed by atoms with Crippen LogP contribution in [0.4, 0.5) is 0 Å². The van der Waals surface area contributed by atoms with Crippen molar-refractivity contribution in [2.45, 2.75) is 20.4 Å². The number of allylic oxidation sites excluding steroid dienone is 1. The summed E-state index contributed by atoms with van der Waals surface area (Å²) in [7, 11) is 0.